The van der Waals surface area contributed by atoms with E-state index in [9.17, 15) is 14.4 Å². The first kappa shape index (κ1) is 21.2. The zero-order valence-corrected chi connectivity index (χ0v) is 16.7. The van der Waals surface area contributed by atoms with Crippen LogP contribution >= 0.6 is 0 Å². The van der Waals surface area contributed by atoms with Gasteiger partial charge in [-0.25, -0.2) is 0 Å². The third-order valence-corrected chi connectivity index (χ3v) is 4.46. The molecule has 0 fully saturated rings. The molecule has 6 heteroatoms. The van der Waals surface area contributed by atoms with E-state index in [2.05, 4.69) is 16.0 Å². The van der Waals surface area contributed by atoms with Crippen molar-refractivity contribution >= 4 is 17.7 Å². The fraction of sp³-hybridized carbons (Fsp3) is 0.318. The van der Waals surface area contributed by atoms with Crippen molar-refractivity contribution in [3.63, 3.8) is 0 Å². The van der Waals surface area contributed by atoms with Crippen LogP contribution in [0.1, 0.15) is 45.7 Å². The van der Waals surface area contributed by atoms with Gasteiger partial charge in [0.1, 0.15) is 6.04 Å². The lowest BCUT2D eigenvalue weighted by molar-refractivity contribution is -0.124. The third-order valence-electron chi connectivity index (χ3n) is 4.46. The highest BCUT2D eigenvalue weighted by atomic mass is 16.2. The number of amides is 3. The molecule has 1 atom stereocenters. The van der Waals surface area contributed by atoms with E-state index in [1.807, 2.05) is 32.9 Å². The largest absolute Gasteiger partial charge is 0.355 e. The van der Waals surface area contributed by atoms with Crippen LogP contribution in [0, 0.1) is 12.8 Å². The molecule has 28 heavy (non-hydrogen) atoms. The summed E-state index contributed by atoms with van der Waals surface area (Å²) >= 11 is 0. The monoisotopic (exact) mass is 381 g/mol. The van der Waals surface area contributed by atoms with Gasteiger partial charge in [0.15, 0.2) is 0 Å². The molecule has 3 amide bonds. The minimum absolute atomic E-state index is 0.0648. The van der Waals surface area contributed by atoms with Gasteiger partial charge in [0.2, 0.25) is 5.91 Å². The van der Waals surface area contributed by atoms with Crippen molar-refractivity contribution in [3.8, 4) is 0 Å². The molecule has 0 bridgehead atoms. The third kappa shape index (κ3) is 5.67. The molecule has 0 heterocycles. The highest BCUT2D eigenvalue weighted by Gasteiger charge is 2.24. The molecule has 6 nitrogen and oxygen atoms in total. The molecule has 2 aromatic rings. The molecule has 0 aromatic heterocycles. The molecular formula is C22H27N3O3. The first-order chi connectivity index (χ1) is 13.3. The first-order valence-electron chi connectivity index (χ1n) is 9.28. The molecule has 1 unspecified atom stereocenters. The topological polar surface area (TPSA) is 87.3 Å². The van der Waals surface area contributed by atoms with Crippen LogP contribution in [-0.2, 0) is 11.3 Å². The number of carbonyl (C=O) groups is 3. The normalized spacial score (nSPS) is 11.6. The summed E-state index contributed by atoms with van der Waals surface area (Å²) in [6.45, 7) is 6.04. The highest BCUT2D eigenvalue weighted by molar-refractivity contribution is 5.97. The summed E-state index contributed by atoms with van der Waals surface area (Å²) in [7, 11) is 1.58. The molecule has 2 rings (SSSR count). The second kappa shape index (κ2) is 9.69. The standard InChI is InChI=1S/C22H27N3O3/c1-14(2)19(25-21(27)18-9-5-15(3)6-10-18)22(28)24-13-16-7-11-17(12-8-16)20(26)23-4/h5-12,14,19H,13H2,1-4H3,(H,23,26)(H,24,28)(H,25,27). The Balaban J connectivity index is 1.97. The fourth-order valence-electron chi connectivity index (χ4n) is 2.68. The van der Waals surface area contributed by atoms with Crippen molar-refractivity contribution < 1.29 is 14.4 Å². The number of aryl methyl sites for hydroxylation is 1. The van der Waals surface area contributed by atoms with Gasteiger partial charge in [0.25, 0.3) is 11.8 Å². The molecule has 0 saturated heterocycles. The van der Waals surface area contributed by atoms with Gasteiger partial charge in [-0.15, -0.1) is 0 Å². The Labute approximate surface area is 165 Å². The van der Waals surface area contributed by atoms with Crippen molar-refractivity contribution in [1.29, 1.82) is 0 Å². The summed E-state index contributed by atoms with van der Waals surface area (Å²) in [5, 5.41) is 8.23. The van der Waals surface area contributed by atoms with Crippen LogP contribution in [-0.4, -0.2) is 30.8 Å². The zero-order valence-electron chi connectivity index (χ0n) is 16.7. The zero-order chi connectivity index (χ0) is 20.7. The molecule has 148 valence electrons. The maximum atomic E-state index is 12.6. The van der Waals surface area contributed by atoms with Crippen molar-refractivity contribution in [2.45, 2.75) is 33.4 Å². The number of rotatable bonds is 7. The fourth-order valence-corrected chi connectivity index (χ4v) is 2.68. The van der Waals surface area contributed by atoms with Gasteiger partial charge in [0.05, 0.1) is 0 Å². The van der Waals surface area contributed by atoms with E-state index in [0.29, 0.717) is 17.7 Å². The molecule has 3 N–H and O–H groups in total. The summed E-state index contributed by atoms with van der Waals surface area (Å²) in [5.41, 5.74) is 3.02. The minimum atomic E-state index is -0.640. The maximum Gasteiger partial charge on any atom is 0.251 e. The molecule has 0 saturated carbocycles. The van der Waals surface area contributed by atoms with E-state index >= 15 is 0 Å². The van der Waals surface area contributed by atoms with Crippen molar-refractivity contribution in [2.24, 2.45) is 5.92 Å². The Morgan fingerprint density at radius 2 is 1.39 bits per heavy atom. The van der Waals surface area contributed by atoms with Crippen LogP contribution in [0.4, 0.5) is 0 Å². The van der Waals surface area contributed by atoms with Crippen LogP contribution in [0.25, 0.3) is 0 Å². The smallest absolute Gasteiger partial charge is 0.251 e. The summed E-state index contributed by atoms with van der Waals surface area (Å²) in [6, 6.07) is 13.6. The van der Waals surface area contributed by atoms with Gasteiger partial charge in [-0.05, 0) is 42.7 Å². The van der Waals surface area contributed by atoms with Crippen molar-refractivity contribution in [1.82, 2.24) is 16.0 Å². The summed E-state index contributed by atoms with van der Waals surface area (Å²) < 4.78 is 0. The average molecular weight is 381 g/mol. The number of nitrogens with one attached hydrogen (secondary N) is 3. The van der Waals surface area contributed by atoms with E-state index in [4.69, 9.17) is 0 Å². The van der Waals surface area contributed by atoms with Crippen LogP contribution in [0.3, 0.4) is 0 Å². The Hall–Kier alpha value is -3.15. The van der Waals surface area contributed by atoms with Gasteiger partial charge < -0.3 is 16.0 Å². The molecule has 2 aromatic carbocycles. The lowest BCUT2D eigenvalue weighted by Gasteiger charge is -2.22. The van der Waals surface area contributed by atoms with Crippen LogP contribution in [0.2, 0.25) is 0 Å². The Morgan fingerprint density at radius 3 is 1.93 bits per heavy atom. The van der Waals surface area contributed by atoms with Crippen LogP contribution < -0.4 is 16.0 Å². The highest BCUT2D eigenvalue weighted by Crippen LogP contribution is 2.08. The van der Waals surface area contributed by atoms with Gasteiger partial charge in [0, 0.05) is 24.7 Å². The summed E-state index contributed by atoms with van der Waals surface area (Å²) in [5.74, 6) is -0.742. The second-order valence-electron chi connectivity index (χ2n) is 7.06. The van der Waals surface area contributed by atoms with E-state index in [-0.39, 0.29) is 23.6 Å². The number of benzene rings is 2. The molecule has 0 radical (unpaired) electrons. The molecule has 0 spiro atoms. The van der Waals surface area contributed by atoms with Crippen LogP contribution in [0.15, 0.2) is 48.5 Å². The number of hydrogen-bond acceptors (Lipinski definition) is 3. The second-order valence-corrected chi connectivity index (χ2v) is 7.06. The molecular weight excluding hydrogens is 354 g/mol. The maximum absolute atomic E-state index is 12.6. The Bertz CT molecular complexity index is 827. The van der Waals surface area contributed by atoms with Gasteiger partial charge >= 0.3 is 0 Å². The minimum Gasteiger partial charge on any atom is -0.355 e. The summed E-state index contributed by atoms with van der Waals surface area (Å²) in [6.07, 6.45) is 0. The number of carbonyl (C=O) groups excluding carboxylic acids is 3. The Morgan fingerprint density at radius 1 is 0.857 bits per heavy atom. The summed E-state index contributed by atoms with van der Waals surface area (Å²) in [4.78, 5) is 36.6. The average Bonchev–Trinajstić information content (AvgIpc) is 2.70. The lowest BCUT2D eigenvalue weighted by atomic mass is 10.0. The predicted molar refractivity (Wildman–Crippen MR) is 109 cm³/mol. The SMILES string of the molecule is CNC(=O)c1ccc(CNC(=O)C(NC(=O)c2ccc(C)cc2)C(C)C)cc1. The van der Waals surface area contributed by atoms with Crippen molar-refractivity contribution in [2.75, 3.05) is 7.05 Å². The lowest BCUT2D eigenvalue weighted by Crippen LogP contribution is -2.49. The van der Waals surface area contributed by atoms with Crippen molar-refractivity contribution in [3.05, 3.63) is 70.8 Å². The number of hydrogen-bond donors (Lipinski definition) is 3. The van der Waals surface area contributed by atoms with E-state index in [1.165, 1.54) is 0 Å². The quantitative estimate of drug-likeness (QED) is 0.688. The van der Waals surface area contributed by atoms with E-state index < -0.39 is 6.04 Å². The molecule has 0 aliphatic heterocycles. The van der Waals surface area contributed by atoms with Gasteiger partial charge in [-0.1, -0.05) is 43.7 Å². The Kier molecular flexibility index (Phi) is 7.32. The van der Waals surface area contributed by atoms with Gasteiger partial charge in [-0.3, -0.25) is 14.4 Å². The van der Waals surface area contributed by atoms with Gasteiger partial charge in [-0.2, -0.15) is 0 Å². The van der Waals surface area contributed by atoms with Crippen LogP contribution in [0.5, 0.6) is 0 Å². The predicted octanol–water partition coefficient (Wildman–Crippen LogP) is 2.43. The first-order valence-corrected chi connectivity index (χ1v) is 9.28. The molecule has 0 aliphatic rings. The van der Waals surface area contributed by atoms with E-state index in [1.54, 1.807) is 43.4 Å². The molecule has 0 aliphatic carbocycles. The van der Waals surface area contributed by atoms with E-state index in [0.717, 1.165) is 11.1 Å².